The van der Waals surface area contributed by atoms with Crippen molar-refractivity contribution in [1.82, 2.24) is 15.2 Å². The summed E-state index contributed by atoms with van der Waals surface area (Å²) in [6.45, 7) is 3.60. The third-order valence-electron chi connectivity index (χ3n) is 7.68. The van der Waals surface area contributed by atoms with E-state index in [9.17, 15) is 4.79 Å². The summed E-state index contributed by atoms with van der Waals surface area (Å²) in [5, 5.41) is 4.61. The smallest absolute Gasteiger partial charge is 0.244 e. The number of carbonyl (C=O) groups is 1. The van der Waals surface area contributed by atoms with Gasteiger partial charge in [0.2, 0.25) is 5.91 Å². The second-order valence-corrected chi connectivity index (χ2v) is 10.8. The predicted octanol–water partition coefficient (Wildman–Crippen LogP) is 6.50. The average Bonchev–Trinajstić information content (AvgIpc) is 3.29. The summed E-state index contributed by atoms with van der Waals surface area (Å²) < 4.78 is 1.00. The van der Waals surface area contributed by atoms with Crippen molar-refractivity contribution < 1.29 is 4.79 Å². The van der Waals surface area contributed by atoms with Crippen LogP contribution in [0.25, 0.3) is 17.0 Å². The number of halogens is 1. The van der Waals surface area contributed by atoms with Crippen LogP contribution >= 0.6 is 15.9 Å². The fourth-order valence-corrected chi connectivity index (χ4v) is 6.15. The number of aromatic nitrogens is 1. The van der Waals surface area contributed by atoms with Crippen molar-refractivity contribution >= 4 is 38.8 Å². The van der Waals surface area contributed by atoms with E-state index in [4.69, 9.17) is 0 Å². The maximum atomic E-state index is 12.4. The molecule has 2 fully saturated rings. The van der Waals surface area contributed by atoms with Gasteiger partial charge >= 0.3 is 0 Å². The summed E-state index contributed by atoms with van der Waals surface area (Å²) in [5.41, 5.74) is 3.78. The minimum absolute atomic E-state index is 0.0126. The number of aromatic amines is 1. The Morgan fingerprint density at radius 2 is 1.74 bits per heavy atom. The molecule has 1 saturated carbocycles. The molecule has 5 heteroatoms. The Hall–Kier alpha value is -2.37. The number of amides is 1. The van der Waals surface area contributed by atoms with Gasteiger partial charge < -0.3 is 15.2 Å². The number of carbonyl (C=O) groups excluding carboxylic acids is 1. The molecule has 1 aliphatic heterocycles. The number of H-pyrrole nitrogens is 1. The Morgan fingerprint density at radius 3 is 2.53 bits per heavy atom. The molecule has 0 unspecified atom stereocenters. The van der Waals surface area contributed by atoms with Crippen molar-refractivity contribution in [3.8, 4) is 0 Å². The maximum absolute atomic E-state index is 12.4. The summed E-state index contributed by atoms with van der Waals surface area (Å²) in [4.78, 5) is 18.5. The van der Waals surface area contributed by atoms with Gasteiger partial charge in [-0.3, -0.25) is 4.79 Å². The van der Waals surface area contributed by atoms with Gasteiger partial charge in [0, 0.05) is 40.2 Å². The normalized spacial score (nSPS) is 22.4. The number of benzene rings is 2. The third-order valence-corrected chi connectivity index (χ3v) is 8.40. The molecule has 5 rings (SSSR count). The summed E-state index contributed by atoms with van der Waals surface area (Å²) >= 11 is 3.53. The van der Waals surface area contributed by atoms with E-state index < -0.39 is 0 Å². The van der Waals surface area contributed by atoms with Crippen LogP contribution in [0.3, 0.4) is 0 Å². The van der Waals surface area contributed by atoms with Gasteiger partial charge in [-0.1, -0.05) is 52.3 Å². The second-order valence-electron chi connectivity index (χ2n) is 9.95. The minimum atomic E-state index is 0.0126. The standard InChI is InChI=1S/C29H34BrN3O/c30-27-7-3-1-5-23(27)11-14-29(34)32-24-12-9-21(10-13-24)20-33-17-15-22(16-18-33)26-19-31-28-8-4-2-6-25(26)28/h1-8,11,14,19,21-22,24,31H,9-10,12-13,15-18,20H2,(H,32,34)/b14-11+. The molecule has 4 nitrogen and oxygen atoms in total. The zero-order valence-electron chi connectivity index (χ0n) is 19.7. The molecule has 1 aliphatic carbocycles. The summed E-state index contributed by atoms with van der Waals surface area (Å²) in [6.07, 6.45) is 12.9. The third kappa shape index (κ3) is 5.64. The lowest BCUT2D eigenvalue weighted by atomic mass is 9.84. The highest BCUT2D eigenvalue weighted by molar-refractivity contribution is 9.10. The van der Waals surface area contributed by atoms with Gasteiger partial charge in [0.15, 0.2) is 0 Å². The predicted molar refractivity (Wildman–Crippen MR) is 144 cm³/mol. The van der Waals surface area contributed by atoms with E-state index >= 15 is 0 Å². The first-order valence-corrected chi connectivity index (χ1v) is 13.5. The first kappa shape index (κ1) is 23.4. The number of likely N-dealkylation sites (tertiary alicyclic amines) is 1. The molecule has 0 radical (unpaired) electrons. The number of hydrogen-bond donors (Lipinski definition) is 2. The molecular weight excluding hydrogens is 486 g/mol. The van der Waals surface area contributed by atoms with Gasteiger partial charge in [-0.2, -0.15) is 0 Å². The minimum Gasteiger partial charge on any atom is -0.361 e. The second kappa shape index (κ2) is 10.9. The Bertz CT molecular complexity index is 1140. The molecule has 0 spiro atoms. The Labute approximate surface area is 210 Å². The van der Waals surface area contributed by atoms with E-state index in [2.05, 4.69) is 61.6 Å². The highest BCUT2D eigenvalue weighted by atomic mass is 79.9. The van der Waals surface area contributed by atoms with Gasteiger partial charge in [0.1, 0.15) is 0 Å². The number of piperidine rings is 1. The van der Waals surface area contributed by atoms with E-state index in [-0.39, 0.29) is 5.91 Å². The van der Waals surface area contributed by atoms with Crippen LogP contribution in [0.15, 0.2) is 65.3 Å². The number of nitrogens with one attached hydrogen (secondary N) is 2. The summed E-state index contributed by atoms with van der Waals surface area (Å²) in [7, 11) is 0. The van der Waals surface area contributed by atoms with Crippen molar-refractivity contribution in [1.29, 1.82) is 0 Å². The van der Waals surface area contributed by atoms with Crippen LogP contribution in [-0.4, -0.2) is 41.5 Å². The number of rotatable bonds is 6. The first-order valence-electron chi connectivity index (χ1n) is 12.7. The highest BCUT2D eigenvalue weighted by Crippen LogP contribution is 2.34. The number of para-hydroxylation sites is 1. The number of nitrogens with zero attached hydrogens (tertiary/aromatic N) is 1. The Morgan fingerprint density at radius 1 is 1.00 bits per heavy atom. The van der Waals surface area contributed by atoms with Crippen LogP contribution in [0.5, 0.6) is 0 Å². The molecule has 0 bridgehead atoms. The molecule has 2 heterocycles. The van der Waals surface area contributed by atoms with E-state index in [0.717, 1.165) is 28.8 Å². The molecule has 1 aromatic heterocycles. The van der Waals surface area contributed by atoms with Crippen molar-refractivity contribution in [3.63, 3.8) is 0 Å². The summed E-state index contributed by atoms with van der Waals surface area (Å²) in [5.74, 6) is 1.44. The SMILES string of the molecule is O=C(/C=C/c1ccccc1Br)NC1CCC(CN2CCC(c3c[nH]c4ccccc34)CC2)CC1. The molecule has 1 amide bonds. The zero-order chi connectivity index (χ0) is 23.3. The average molecular weight is 521 g/mol. The van der Waals surface area contributed by atoms with Crippen molar-refractivity contribution in [2.45, 2.75) is 50.5 Å². The monoisotopic (exact) mass is 519 g/mol. The quantitative estimate of drug-likeness (QED) is 0.365. The van der Waals surface area contributed by atoms with E-state index in [0.29, 0.717) is 12.0 Å². The molecule has 2 aliphatic rings. The molecule has 178 valence electrons. The van der Waals surface area contributed by atoms with Gasteiger partial charge in [-0.15, -0.1) is 0 Å². The largest absolute Gasteiger partial charge is 0.361 e. The molecule has 3 aromatic rings. The molecule has 2 N–H and O–H groups in total. The van der Waals surface area contributed by atoms with Crippen LogP contribution in [-0.2, 0) is 4.79 Å². The lowest BCUT2D eigenvalue weighted by molar-refractivity contribution is -0.117. The van der Waals surface area contributed by atoms with Gasteiger partial charge in [-0.05, 0) is 92.8 Å². The molecule has 1 saturated heterocycles. The van der Waals surface area contributed by atoms with Crippen LogP contribution < -0.4 is 5.32 Å². The summed E-state index contributed by atoms with van der Waals surface area (Å²) in [6, 6.07) is 16.9. The van der Waals surface area contributed by atoms with Crippen LogP contribution in [0.4, 0.5) is 0 Å². The van der Waals surface area contributed by atoms with Crippen LogP contribution in [0.2, 0.25) is 0 Å². The molecule has 34 heavy (non-hydrogen) atoms. The van der Waals surface area contributed by atoms with Crippen LogP contribution in [0.1, 0.15) is 55.6 Å². The first-order chi connectivity index (χ1) is 16.7. The van der Waals surface area contributed by atoms with E-state index in [1.54, 1.807) is 6.08 Å². The molecule has 0 atom stereocenters. The zero-order valence-corrected chi connectivity index (χ0v) is 21.3. The fraction of sp³-hybridized carbons (Fsp3) is 0.414. The van der Waals surface area contributed by atoms with Gasteiger partial charge in [-0.25, -0.2) is 0 Å². The molecule has 2 aromatic carbocycles. The highest BCUT2D eigenvalue weighted by Gasteiger charge is 2.27. The van der Waals surface area contributed by atoms with Gasteiger partial charge in [0.25, 0.3) is 0 Å². The lowest BCUT2D eigenvalue weighted by Crippen LogP contribution is -2.41. The van der Waals surface area contributed by atoms with Crippen molar-refractivity contribution in [2.24, 2.45) is 5.92 Å². The van der Waals surface area contributed by atoms with Gasteiger partial charge in [0.05, 0.1) is 0 Å². The van der Waals surface area contributed by atoms with E-state index in [1.807, 2.05) is 30.3 Å². The van der Waals surface area contributed by atoms with E-state index in [1.165, 1.54) is 61.8 Å². The Kier molecular flexibility index (Phi) is 7.51. The fourth-order valence-electron chi connectivity index (χ4n) is 5.74. The van der Waals surface area contributed by atoms with Crippen LogP contribution in [0, 0.1) is 5.92 Å². The Balaban J connectivity index is 1.04. The maximum Gasteiger partial charge on any atom is 0.244 e. The molecular formula is C29H34BrN3O. The topological polar surface area (TPSA) is 48.1 Å². The number of hydrogen-bond acceptors (Lipinski definition) is 2. The van der Waals surface area contributed by atoms with Crippen molar-refractivity contribution in [3.05, 3.63) is 76.4 Å². The van der Waals surface area contributed by atoms with Crippen molar-refractivity contribution in [2.75, 3.05) is 19.6 Å². The lowest BCUT2D eigenvalue weighted by Gasteiger charge is -2.36. The number of fused-ring (bicyclic) bond motifs is 1.